The summed E-state index contributed by atoms with van der Waals surface area (Å²) < 4.78 is 0. The number of aromatic amines is 1. The molecule has 1 fully saturated rings. The highest BCUT2D eigenvalue weighted by molar-refractivity contribution is 5.42. The SMILES string of the molecule is CN(C)c1ccnc(NCC2CCCCN2c2ccc(=O)[nH]n2)n1. The molecule has 8 nitrogen and oxygen atoms in total. The van der Waals surface area contributed by atoms with Crippen LogP contribution in [0.2, 0.25) is 0 Å². The average molecular weight is 329 g/mol. The summed E-state index contributed by atoms with van der Waals surface area (Å²) in [6.07, 6.45) is 5.14. The van der Waals surface area contributed by atoms with Crippen molar-refractivity contribution < 1.29 is 0 Å². The molecule has 2 aromatic rings. The van der Waals surface area contributed by atoms with Crippen molar-refractivity contribution >= 4 is 17.6 Å². The molecule has 1 aliphatic heterocycles. The van der Waals surface area contributed by atoms with Crippen LogP contribution in [0.3, 0.4) is 0 Å². The van der Waals surface area contributed by atoms with Crippen molar-refractivity contribution in [3.05, 3.63) is 34.7 Å². The summed E-state index contributed by atoms with van der Waals surface area (Å²) in [5.74, 6) is 2.31. The maximum atomic E-state index is 11.2. The van der Waals surface area contributed by atoms with Gasteiger partial charge in [0.1, 0.15) is 11.6 Å². The van der Waals surface area contributed by atoms with Crippen LogP contribution >= 0.6 is 0 Å². The molecule has 128 valence electrons. The molecule has 1 aliphatic rings. The zero-order chi connectivity index (χ0) is 16.9. The van der Waals surface area contributed by atoms with Crippen molar-refractivity contribution in [2.75, 3.05) is 42.3 Å². The van der Waals surface area contributed by atoms with E-state index >= 15 is 0 Å². The number of nitrogens with zero attached hydrogens (tertiary/aromatic N) is 5. The molecule has 2 N–H and O–H groups in total. The van der Waals surface area contributed by atoms with Crippen LogP contribution < -0.4 is 20.7 Å². The Morgan fingerprint density at radius 1 is 1.33 bits per heavy atom. The molecule has 0 saturated carbocycles. The normalized spacial score (nSPS) is 17.6. The zero-order valence-corrected chi connectivity index (χ0v) is 14.1. The smallest absolute Gasteiger partial charge is 0.264 e. The van der Waals surface area contributed by atoms with Crippen LogP contribution in [0.25, 0.3) is 0 Å². The Balaban J connectivity index is 1.69. The fraction of sp³-hybridized carbons (Fsp3) is 0.500. The summed E-state index contributed by atoms with van der Waals surface area (Å²) in [6.45, 7) is 1.67. The van der Waals surface area contributed by atoms with Crippen molar-refractivity contribution in [2.45, 2.75) is 25.3 Å². The van der Waals surface area contributed by atoms with Crippen LogP contribution in [-0.4, -0.2) is 53.4 Å². The topological polar surface area (TPSA) is 90.0 Å². The molecule has 3 heterocycles. The first-order valence-electron chi connectivity index (χ1n) is 8.20. The van der Waals surface area contributed by atoms with E-state index in [1.165, 1.54) is 12.5 Å². The van der Waals surface area contributed by atoms with Crippen molar-refractivity contribution in [2.24, 2.45) is 0 Å². The highest BCUT2D eigenvalue weighted by atomic mass is 16.1. The van der Waals surface area contributed by atoms with Gasteiger partial charge in [0.05, 0.1) is 0 Å². The Hall–Kier alpha value is -2.64. The monoisotopic (exact) mass is 329 g/mol. The summed E-state index contributed by atoms with van der Waals surface area (Å²) >= 11 is 0. The second kappa shape index (κ2) is 7.29. The first-order chi connectivity index (χ1) is 11.6. The van der Waals surface area contributed by atoms with E-state index in [1.54, 1.807) is 12.3 Å². The summed E-state index contributed by atoms with van der Waals surface area (Å²) in [5.41, 5.74) is -0.181. The summed E-state index contributed by atoms with van der Waals surface area (Å²) in [4.78, 5) is 24.2. The number of anilines is 3. The van der Waals surface area contributed by atoms with Crippen LogP contribution in [0.15, 0.2) is 29.2 Å². The van der Waals surface area contributed by atoms with Crippen LogP contribution in [-0.2, 0) is 0 Å². The van der Waals surface area contributed by atoms with Gasteiger partial charge in [0.2, 0.25) is 5.95 Å². The van der Waals surface area contributed by atoms with Crippen LogP contribution in [0.5, 0.6) is 0 Å². The van der Waals surface area contributed by atoms with Gasteiger partial charge in [0.25, 0.3) is 5.56 Å². The number of nitrogens with one attached hydrogen (secondary N) is 2. The summed E-state index contributed by atoms with van der Waals surface area (Å²) in [5, 5.41) is 10.0. The maximum Gasteiger partial charge on any atom is 0.264 e. The highest BCUT2D eigenvalue weighted by Gasteiger charge is 2.23. The first kappa shape index (κ1) is 16.2. The van der Waals surface area contributed by atoms with Gasteiger partial charge in [-0.3, -0.25) is 4.79 Å². The van der Waals surface area contributed by atoms with Gasteiger partial charge in [-0.1, -0.05) is 0 Å². The van der Waals surface area contributed by atoms with Crippen molar-refractivity contribution in [1.82, 2.24) is 20.2 Å². The van der Waals surface area contributed by atoms with Crippen molar-refractivity contribution in [3.63, 3.8) is 0 Å². The van der Waals surface area contributed by atoms with Crippen LogP contribution in [0, 0.1) is 0 Å². The molecule has 1 atom stereocenters. The number of piperidine rings is 1. The van der Waals surface area contributed by atoms with E-state index in [4.69, 9.17) is 0 Å². The van der Waals surface area contributed by atoms with E-state index < -0.39 is 0 Å². The predicted octanol–water partition coefficient (Wildman–Crippen LogP) is 1.10. The lowest BCUT2D eigenvalue weighted by atomic mass is 10.0. The predicted molar refractivity (Wildman–Crippen MR) is 94.7 cm³/mol. The third-order valence-corrected chi connectivity index (χ3v) is 4.18. The van der Waals surface area contributed by atoms with Crippen molar-refractivity contribution in [3.8, 4) is 0 Å². The Morgan fingerprint density at radius 3 is 2.96 bits per heavy atom. The van der Waals surface area contributed by atoms with Gasteiger partial charge in [-0.05, 0) is 31.4 Å². The molecule has 3 rings (SSSR count). The molecule has 8 heteroatoms. The van der Waals surface area contributed by atoms with E-state index in [2.05, 4.69) is 30.4 Å². The average Bonchev–Trinajstić information content (AvgIpc) is 2.61. The van der Waals surface area contributed by atoms with E-state index in [9.17, 15) is 4.79 Å². The molecular formula is C16H23N7O. The molecule has 0 spiro atoms. The lowest BCUT2D eigenvalue weighted by Gasteiger charge is -2.36. The molecule has 1 unspecified atom stereocenters. The molecular weight excluding hydrogens is 306 g/mol. The third kappa shape index (κ3) is 3.81. The molecule has 1 saturated heterocycles. The van der Waals surface area contributed by atoms with Crippen LogP contribution in [0.4, 0.5) is 17.6 Å². The second-order valence-corrected chi connectivity index (χ2v) is 6.14. The number of rotatable bonds is 5. The Morgan fingerprint density at radius 2 is 2.21 bits per heavy atom. The van der Waals surface area contributed by atoms with E-state index in [-0.39, 0.29) is 5.56 Å². The van der Waals surface area contributed by atoms with E-state index in [0.29, 0.717) is 12.0 Å². The maximum absolute atomic E-state index is 11.2. The molecule has 0 aliphatic carbocycles. The fourth-order valence-corrected chi connectivity index (χ4v) is 2.90. The quantitative estimate of drug-likeness (QED) is 0.849. The molecule has 0 amide bonds. The number of H-pyrrole nitrogens is 1. The minimum Gasteiger partial charge on any atom is -0.363 e. The molecule has 0 bridgehead atoms. The minimum atomic E-state index is -0.181. The number of hydrogen-bond acceptors (Lipinski definition) is 7. The van der Waals surface area contributed by atoms with Crippen LogP contribution in [0.1, 0.15) is 19.3 Å². The zero-order valence-electron chi connectivity index (χ0n) is 14.1. The fourth-order valence-electron chi connectivity index (χ4n) is 2.90. The Kier molecular flexibility index (Phi) is 4.93. The molecule has 24 heavy (non-hydrogen) atoms. The summed E-state index contributed by atoms with van der Waals surface area (Å²) in [7, 11) is 3.91. The van der Waals surface area contributed by atoms with E-state index in [0.717, 1.165) is 37.6 Å². The van der Waals surface area contributed by atoms with Gasteiger partial charge in [-0.2, -0.15) is 10.1 Å². The molecule has 0 radical (unpaired) electrons. The van der Waals surface area contributed by atoms with Gasteiger partial charge in [0.15, 0.2) is 0 Å². The first-order valence-corrected chi connectivity index (χ1v) is 8.20. The standard InChI is InChI=1S/C16H23N7O/c1-22(2)13-8-9-17-16(19-13)18-11-12-5-3-4-10-23(12)14-6-7-15(24)21-20-14/h6-9,12H,3-5,10-11H2,1-2H3,(H,21,24)(H,17,18,19). The largest absolute Gasteiger partial charge is 0.363 e. The third-order valence-electron chi connectivity index (χ3n) is 4.18. The van der Waals surface area contributed by atoms with Crippen molar-refractivity contribution in [1.29, 1.82) is 0 Å². The van der Waals surface area contributed by atoms with Gasteiger partial charge in [-0.25, -0.2) is 10.1 Å². The lowest BCUT2D eigenvalue weighted by Crippen LogP contribution is -2.44. The van der Waals surface area contributed by atoms with Gasteiger partial charge < -0.3 is 15.1 Å². The Labute approximate surface area is 140 Å². The van der Waals surface area contributed by atoms with Gasteiger partial charge in [-0.15, -0.1) is 0 Å². The second-order valence-electron chi connectivity index (χ2n) is 6.14. The number of aromatic nitrogens is 4. The Bertz CT molecular complexity index is 710. The van der Waals surface area contributed by atoms with Gasteiger partial charge in [0, 0.05) is 45.5 Å². The number of hydrogen-bond donors (Lipinski definition) is 2. The minimum absolute atomic E-state index is 0.181. The molecule has 2 aromatic heterocycles. The highest BCUT2D eigenvalue weighted by Crippen LogP contribution is 2.22. The molecule has 0 aromatic carbocycles. The summed E-state index contributed by atoms with van der Waals surface area (Å²) in [6, 6.07) is 5.47. The van der Waals surface area contributed by atoms with Gasteiger partial charge >= 0.3 is 0 Å². The van der Waals surface area contributed by atoms with E-state index in [1.807, 2.05) is 25.1 Å². The lowest BCUT2D eigenvalue weighted by molar-refractivity contribution is 0.467.